The first-order chi connectivity index (χ1) is 16.1. The van der Waals surface area contributed by atoms with Gasteiger partial charge < -0.3 is 19.0 Å². The lowest BCUT2D eigenvalue weighted by Gasteiger charge is -2.36. The maximum atomic E-state index is 13.5. The minimum atomic E-state index is -0.122. The van der Waals surface area contributed by atoms with Gasteiger partial charge in [-0.3, -0.25) is 4.79 Å². The number of H-pyrrole nitrogens is 1. The Morgan fingerprint density at radius 3 is 2.76 bits per heavy atom. The second kappa shape index (κ2) is 7.81. The van der Waals surface area contributed by atoms with Crippen molar-refractivity contribution in [3.8, 4) is 11.5 Å². The van der Waals surface area contributed by atoms with Gasteiger partial charge in [0.1, 0.15) is 0 Å². The fourth-order valence-electron chi connectivity index (χ4n) is 5.19. The first-order valence-corrected chi connectivity index (χ1v) is 11.3. The number of rotatable bonds is 3. The molecule has 4 aromatic rings. The van der Waals surface area contributed by atoms with Crippen molar-refractivity contribution in [2.24, 2.45) is 5.41 Å². The number of likely N-dealkylation sites (tertiary alicyclic amines) is 1. The highest BCUT2D eigenvalue weighted by Gasteiger charge is 2.51. The summed E-state index contributed by atoms with van der Waals surface area (Å²) in [5.41, 5.74) is 4.32. The molecule has 8 heteroatoms. The van der Waals surface area contributed by atoms with E-state index in [1.807, 2.05) is 54.3 Å². The number of aryl methyl sites for hydroxylation is 1. The average Bonchev–Trinajstić information content (AvgIpc) is 3.58. The van der Waals surface area contributed by atoms with Gasteiger partial charge in [0.25, 0.3) is 5.91 Å². The number of aromatic nitrogens is 4. The van der Waals surface area contributed by atoms with Gasteiger partial charge in [0.15, 0.2) is 0 Å². The molecule has 0 bridgehead atoms. The van der Waals surface area contributed by atoms with Crippen molar-refractivity contribution in [2.75, 3.05) is 26.3 Å². The number of carbonyl (C=O) groups excluding carboxylic acids is 1. The molecule has 33 heavy (non-hydrogen) atoms. The van der Waals surface area contributed by atoms with Gasteiger partial charge in [-0.15, -0.1) is 10.2 Å². The van der Waals surface area contributed by atoms with Crippen molar-refractivity contribution in [3.05, 3.63) is 65.8 Å². The van der Waals surface area contributed by atoms with Crippen LogP contribution in [0.5, 0.6) is 0 Å². The molecule has 0 aliphatic carbocycles. The van der Waals surface area contributed by atoms with Crippen LogP contribution in [0.15, 0.2) is 53.2 Å². The molecule has 2 aliphatic heterocycles. The van der Waals surface area contributed by atoms with Crippen LogP contribution in [0, 0.1) is 12.3 Å². The molecule has 2 aliphatic rings. The Morgan fingerprint density at radius 1 is 1.12 bits per heavy atom. The molecule has 1 amide bonds. The molecule has 8 nitrogen and oxygen atoms in total. The summed E-state index contributed by atoms with van der Waals surface area (Å²) >= 11 is 0. The second-order valence-electron chi connectivity index (χ2n) is 9.16. The van der Waals surface area contributed by atoms with E-state index in [-0.39, 0.29) is 17.2 Å². The van der Waals surface area contributed by atoms with Crippen LogP contribution in [0.4, 0.5) is 0 Å². The molecule has 1 N–H and O–H groups in total. The van der Waals surface area contributed by atoms with Gasteiger partial charge >= 0.3 is 0 Å². The largest absolute Gasteiger partial charge is 0.420 e. The van der Waals surface area contributed by atoms with Gasteiger partial charge in [0.05, 0.1) is 23.3 Å². The number of amides is 1. The zero-order valence-electron chi connectivity index (χ0n) is 18.5. The smallest absolute Gasteiger partial charge is 0.253 e. The van der Waals surface area contributed by atoms with E-state index in [1.54, 1.807) is 6.33 Å². The first-order valence-electron chi connectivity index (χ1n) is 11.3. The average molecular weight is 444 g/mol. The van der Waals surface area contributed by atoms with E-state index in [0.29, 0.717) is 43.6 Å². The normalized spacial score (nSPS) is 20.0. The summed E-state index contributed by atoms with van der Waals surface area (Å²) in [6.45, 7) is 4.61. The van der Waals surface area contributed by atoms with E-state index < -0.39 is 0 Å². The van der Waals surface area contributed by atoms with Gasteiger partial charge in [-0.05, 0) is 50.1 Å². The Balaban J connectivity index is 1.31. The molecular weight excluding hydrogens is 418 g/mol. The molecule has 1 spiro atoms. The highest BCUT2D eigenvalue weighted by Crippen LogP contribution is 2.49. The van der Waals surface area contributed by atoms with Crippen LogP contribution in [0.3, 0.4) is 0 Å². The Morgan fingerprint density at radius 2 is 1.94 bits per heavy atom. The summed E-state index contributed by atoms with van der Waals surface area (Å²) in [4.78, 5) is 22.7. The number of benzene rings is 2. The zero-order chi connectivity index (χ0) is 22.4. The van der Waals surface area contributed by atoms with Crippen LogP contribution >= 0.6 is 0 Å². The highest BCUT2D eigenvalue weighted by molar-refractivity contribution is 5.97. The summed E-state index contributed by atoms with van der Waals surface area (Å²) in [7, 11) is 0. The van der Waals surface area contributed by atoms with Crippen molar-refractivity contribution in [2.45, 2.75) is 25.7 Å². The third kappa shape index (κ3) is 3.51. The predicted molar refractivity (Wildman–Crippen MR) is 122 cm³/mol. The number of hydrogen-bond acceptors (Lipinski definition) is 6. The van der Waals surface area contributed by atoms with Crippen molar-refractivity contribution in [1.82, 2.24) is 25.1 Å². The molecule has 2 aromatic heterocycles. The van der Waals surface area contributed by atoms with Crippen LogP contribution in [-0.2, 0) is 4.74 Å². The van der Waals surface area contributed by atoms with Crippen LogP contribution in [0.2, 0.25) is 0 Å². The molecular formula is C25H25N5O3. The SMILES string of the molecule is Cc1ccc(-c2nnc(C3CN(C(=O)c4ccc5nc[nH]c5c4)CC34CCOCC4)o2)cc1. The Hall–Kier alpha value is -3.52. The number of nitrogens with one attached hydrogen (secondary N) is 1. The van der Waals surface area contributed by atoms with Gasteiger partial charge in [-0.25, -0.2) is 4.98 Å². The summed E-state index contributed by atoms with van der Waals surface area (Å²) < 4.78 is 11.9. The predicted octanol–water partition coefficient (Wildman–Crippen LogP) is 3.96. The maximum Gasteiger partial charge on any atom is 0.253 e. The quantitative estimate of drug-likeness (QED) is 0.515. The van der Waals surface area contributed by atoms with E-state index in [1.165, 1.54) is 5.56 Å². The Bertz CT molecular complexity index is 1300. The van der Waals surface area contributed by atoms with Crippen molar-refractivity contribution >= 4 is 16.9 Å². The fourth-order valence-corrected chi connectivity index (χ4v) is 5.19. The van der Waals surface area contributed by atoms with Gasteiger partial charge in [0.2, 0.25) is 11.8 Å². The standard InChI is InChI=1S/C25H25N5O3/c1-16-2-4-17(5-3-16)22-28-29-23(33-22)19-13-30(14-25(19)8-10-32-11-9-25)24(31)18-6-7-20-21(12-18)27-15-26-20/h2-7,12,15,19H,8-11,13-14H2,1H3,(H,26,27). The Labute approximate surface area is 191 Å². The lowest BCUT2D eigenvalue weighted by molar-refractivity contribution is 0.00908. The fraction of sp³-hybridized carbons (Fsp3) is 0.360. The summed E-state index contributed by atoms with van der Waals surface area (Å²) in [5, 5.41) is 8.77. The molecule has 2 aromatic carbocycles. The van der Waals surface area contributed by atoms with Gasteiger partial charge in [-0.1, -0.05) is 17.7 Å². The van der Waals surface area contributed by atoms with E-state index in [0.717, 1.165) is 29.4 Å². The molecule has 0 saturated carbocycles. The van der Waals surface area contributed by atoms with E-state index in [2.05, 4.69) is 20.2 Å². The molecule has 1 unspecified atom stereocenters. The second-order valence-corrected chi connectivity index (χ2v) is 9.16. The molecule has 1 atom stereocenters. The van der Waals surface area contributed by atoms with Crippen LogP contribution < -0.4 is 0 Å². The lowest BCUT2D eigenvalue weighted by Crippen LogP contribution is -2.37. The number of aromatic amines is 1. The van der Waals surface area contributed by atoms with Gasteiger partial charge in [0, 0.05) is 42.8 Å². The number of imidazole rings is 1. The van der Waals surface area contributed by atoms with Crippen LogP contribution in [0.1, 0.15) is 40.6 Å². The summed E-state index contributed by atoms with van der Waals surface area (Å²) in [6, 6.07) is 13.6. The number of hydrogen-bond donors (Lipinski definition) is 1. The number of fused-ring (bicyclic) bond motifs is 1. The van der Waals surface area contributed by atoms with Gasteiger partial charge in [-0.2, -0.15) is 0 Å². The zero-order valence-corrected chi connectivity index (χ0v) is 18.5. The number of carbonyl (C=O) groups is 1. The van der Waals surface area contributed by atoms with Crippen molar-refractivity contribution < 1.29 is 13.9 Å². The molecule has 4 heterocycles. The molecule has 6 rings (SSSR count). The van der Waals surface area contributed by atoms with Crippen molar-refractivity contribution in [1.29, 1.82) is 0 Å². The minimum Gasteiger partial charge on any atom is -0.420 e. The van der Waals surface area contributed by atoms with E-state index in [9.17, 15) is 4.79 Å². The monoisotopic (exact) mass is 443 g/mol. The van der Waals surface area contributed by atoms with E-state index >= 15 is 0 Å². The summed E-state index contributed by atoms with van der Waals surface area (Å²) in [6.07, 6.45) is 3.37. The first kappa shape index (κ1) is 20.1. The van der Waals surface area contributed by atoms with E-state index in [4.69, 9.17) is 9.15 Å². The summed E-state index contributed by atoms with van der Waals surface area (Å²) in [5.74, 6) is 1.11. The molecule has 0 radical (unpaired) electrons. The van der Waals surface area contributed by atoms with Crippen LogP contribution in [-0.4, -0.2) is 57.3 Å². The number of nitrogens with zero attached hydrogens (tertiary/aromatic N) is 4. The molecule has 2 fully saturated rings. The Kier molecular flexibility index (Phi) is 4.76. The topological polar surface area (TPSA) is 97.1 Å². The lowest BCUT2D eigenvalue weighted by atomic mass is 9.72. The maximum absolute atomic E-state index is 13.5. The molecule has 168 valence electrons. The third-order valence-corrected chi connectivity index (χ3v) is 7.13. The van der Waals surface area contributed by atoms with Crippen molar-refractivity contribution in [3.63, 3.8) is 0 Å². The van der Waals surface area contributed by atoms with Crippen LogP contribution in [0.25, 0.3) is 22.5 Å². The highest BCUT2D eigenvalue weighted by atomic mass is 16.5. The molecule has 2 saturated heterocycles. The minimum absolute atomic E-state index is 0.0122. The number of ether oxygens (including phenoxy) is 1. The third-order valence-electron chi connectivity index (χ3n) is 7.13.